The summed E-state index contributed by atoms with van der Waals surface area (Å²) in [5, 5.41) is 6.82. The first-order valence-corrected chi connectivity index (χ1v) is 8.02. The number of hydrogen-bond donors (Lipinski definition) is 2. The Morgan fingerprint density at radius 1 is 1.48 bits per heavy atom. The molecular formula is C16H21N3O3S. The van der Waals surface area contributed by atoms with Gasteiger partial charge in [0.2, 0.25) is 5.91 Å². The van der Waals surface area contributed by atoms with Gasteiger partial charge in [-0.2, -0.15) is 0 Å². The third kappa shape index (κ3) is 2.49. The third-order valence-corrected chi connectivity index (χ3v) is 4.46. The number of benzene rings is 1. The first-order chi connectivity index (χ1) is 10.9. The number of ether oxygens (including phenoxy) is 2. The highest BCUT2D eigenvalue weighted by atomic mass is 32.1. The molecule has 1 aromatic rings. The normalized spacial score (nSPS) is 27.9. The van der Waals surface area contributed by atoms with Crippen LogP contribution in [0.2, 0.25) is 0 Å². The Morgan fingerprint density at radius 3 is 2.87 bits per heavy atom. The van der Waals surface area contributed by atoms with Crippen LogP contribution >= 0.6 is 12.2 Å². The van der Waals surface area contributed by atoms with E-state index in [0.717, 1.165) is 5.56 Å². The number of fused-ring (bicyclic) bond motifs is 4. The number of nitrogens with zero attached hydrogens (tertiary/aromatic N) is 1. The van der Waals surface area contributed by atoms with E-state index in [9.17, 15) is 4.79 Å². The number of nitrogens with one attached hydrogen (secondary N) is 2. The molecule has 3 atom stereocenters. The van der Waals surface area contributed by atoms with Crippen LogP contribution in [0.4, 0.5) is 0 Å². The van der Waals surface area contributed by atoms with E-state index in [1.807, 2.05) is 32.0 Å². The van der Waals surface area contributed by atoms with E-state index < -0.39 is 11.6 Å². The largest absolute Gasteiger partial charge is 0.490 e. The van der Waals surface area contributed by atoms with E-state index >= 15 is 0 Å². The summed E-state index contributed by atoms with van der Waals surface area (Å²) < 4.78 is 11.9. The van der Waals surface area contributed by atoms with Gasteiger partial charge in [-0.05, 0) is 32.1 Å². The van der Waals surface area contributed by atoms with Crippen molar-refractivity contribution in [2.75, 3.05) is 20.7 Å². The molecule has 7 heteroatoms. The van der Waals surface area contributed by atoms with E-state index in [4.69, 9.17) is 21.7 Å². The van der Waals surface area contributed by atoms with Crippen LogP contribution in [0.5, 0.6) is 11.5 Å². The van der Waals surface area contributed by atoms with E-state index in [0.29, 0.717) is 23.2 Å². The van der Waals surface area contributed by atoms with Gasteiger partial charge in [0.25, 0.3) is 0 Å². The Labute approximate surface area is 141 Å². The number of thiocarbonyl (C=S) groups is 1. The molecule has 2 aliphatic heterocycles. The molecule has 2 heterocycles. The lowest BCUT2D eigenvalue weighted by molar-refractivity contribution is -0.146. The summed E-state index contributed by atoms with van der Waals surface area (Å²) in [5.41, 5.74) is -0.0355. The van der Waals surface area contributed by atoms with Crippen LogP contribution in [0.25, 0.3) is 0 Å². The van der Waals surface area contributed by atoms with Crippen LogP contribution in [0.1, 0.15) is 25.5 Å². The predicted molar refractivity (Wildman–Crippen MR) is 90.4 cm³/mol. The van der Waals surface area contributed by atoms with Gasteiger partial charge in [-0.3, -0.25) is 4.79 Å². The number of hydrogen-bond acceptors (Lipinski definition) is 4. The molecule has 3 unspecified atom stereocenters. The molecule has 23 heavy (non-hydrogen) atoms. The highest BCUT2D eigenvalue weighted by Gasteiger charge is 2.55. The molecule has 0 aliphatic carbocycles. The van der Waals surface area contributed by atoms with Gasteiger partial charge in [0.05, 0.1) is 12.6 Å². The van der Waals surface area contributed by atoms with Gasteiger partial charge in [-0.1, -0.05) is 12.1 Å². The van der Waals surface area contributed by atoms with Gasteiger partial charge < -0.3 is 25.0 Å². The molecule has 3 rings (SSSR count). The minimum atomic E-state index is -0.922. The summed E-state index contributed by atoms with van der Waals surface area (Å²) in [7, 11) is 3.48. The van der Waals surface area contributed by atoms with Gasteiger partial charge in [0.1, 0.15) is 5.92 Å². The summed E-state index contributed by atoms with van der Waals surface area (Å²) in [5.74, 6) is 0.876. The zero-order valence-electron chi connectivity index (χ0n) is 13.7. The summed E-state index contributed by atoms with van der Waals surface area (Å²) in [6, 6.07) is 5.46. The smallest absolute Gasteiger partial charge is 0.233 e. The highest BCUT2D eigenvalue weighted by molar-refractivity contribution is 7.80. The van der Waals surface area contributed by atoms with Crippen molar-refractivity contribution in [3.8, 4) is 11.5 Å². The summed E-state index contributed by atoms with van der Waals surface area (Å²) >= 11 is 5.29. The molecule has 2 aliphatic rings. The molecule has 0 saturated carbocycles. The van der Waals surface area contributed by atoms with Crippen molar-refractivity contribution < 1.29 is 14.3 Å². The van der Waals surface area contributed by atoms with Crippen LogP contribution in [0.3, 0.4) is 0 Å². The molecular weight excluding hydrogens is 314 g/mol. The highest BCUT2D eigenvalue weighted by Crippen LogP contribution is 2.49. The second-order valence-electron chi connectivity index (χ2n) is 6.10. The van der Waals surface area contributed by atoms with Gasteiger partial charge in [0.15, 0.2) is 22.3 Å². The van der Waals surface area contributed by atoms with Crippen molar-refractivity contribution in [3.63, 3.8) is 0 Å². The van der Waals surface area contributed by atoms with E-state index in [-0.39, 0.29) is 11.9 Å². The second kappa shape index (κ2) is 5.56. The van der Waals surface area contributed by atoms with Crippen molar-refractivity contribution in [1.82, 2.24) is 15.5 Å². The Bertz CT molecular complexity index is 664. The average Bonchev–Trinajstić information content (AvgIpc) is 2.46. The Balaban J connectivity index is 2.13. The number of rotatable bonds is 3. The number of carbonyl (C=O) groups is 1. The minimum absolute atomic E-state index is 0.0209. The molecule has 1 amide bonds. The van der Waals surface area contributed by atoms with Crippen LogP contribution in [-0.4, -0.2) is 42.3 Å². The van der Waals surface area contributed by atoms with E-state index in [1.165, 1.54) is 0 Å². The van der Waals surface area contributed by atoms with Gasteiger partial charge in [-0.15, -0.1) is 0 Å². The Kier molecular flexibility index (Phi) is 3.83. The summed E-state index contributed by atoms with van der Waals surface area (Å²) in [6.45, 7) is 4.32. The predicted octanol–water partition coefficient (Wildman–Crippen LogP) is 1.42. The number of para-hydroxylation sites is 1. The maximum atomic E-state index is 12.7. The monoisotopic (exact) mass is 335 g/mol. The third-order valence-electron chi connectivity index (χ3n) is 4.24. The molecule has 6 nitrogen and oxygen atoms in total. The molecule has 1 aromatic carbocycles. The molecule has 0 aromatic heterocycles. The SMILES string of the molecule is CCOc1cccc2c1OC1(C)NC(=S)NC2C1C(=O)N(C)C. The van der Waals surface area contributed by atoms with Crippen molar-refractivity contribution in [3.05, 3.63) is 23.8 Å². The first-order valence-electron chi connectivity index (χ1n) is 7.62. The first kappa shape index (κ1) is 15.9. The number of carbonyl (C=O) groups excluding carboxylic acids is 1. The standard InChI is InChI=1S/C16H21N3O3S/c1-5-21-10-8-6-7-9-12-11(14(20)19(3)4)16(2,22-13(9)10)18-15(23)17-12/h6-8,11-12H,5H2,1-4H3,(H2,17,18,23). The van der Waals surface area contributed by atoms with Crippen molar-refractivity contribution >= 4 is 23.2 Å². The molecule has 1 fully saturated rings. The lowest BCUT2D eigenvalue weighted by Gasteiger charge is -2.51. The molecule has 2 N–H and O–H groups in total. The van der Waals surface area contributed by atoms with Gasteiger partial charge in [-0.25, -0.2) is 0 Å². The topological polar surface area (TPSA) is 62.8 Å². The molecule has 1 saturated heterocycles. The lowest BCUT2D eigenvalue weighted by atomic mass is 9.79. The van der Waals surface area contributed by atoms with Crippen molar-refractivity contribution in [2.24, 2.45) is 5.92 Å². The van der Waals surface area contributed by atoms with Crippen LogP contribution in [0, 0.1) is 5.92 Å². The fraction of sp³-hybridized carbons (Fsp3) is 0.500. The van der Waals surface area contributed by atoms with E-state index in [1.54, 1.807) is 19.0 Å². The zero-order valence-corrected chi connectivity index (χ0v) is 14.5. The average molecular weight is 335 g/mol. The minimum Gasteiger partial charge on any atom is -0.490 e. The van der Waals surface area contributed by atoms with Crippen LogP contribution in [0.15, 0.2) is 18.2 Å². The van der Waals surface area contributed by atoms with Crippen LogP contribution < -0.4 is 20.1 Å². The van der Waals surface area contributed by atoms with Gasteiger partial charge >= 0.3 is 0 Å². The number of amides is 1. The summed E-state index contributed by atoms with van der Waals surface area (Å²) in [4.78, 5) is 14.3. The zero-order chi connectivity index (χ0) is 16.8. The molecule has 0 radical (unpaired) electrons. The fourth-order valence-electron chi connectivity index (χ4n) is 3.25. The van der Waals surface area contributed by atoms with Crippen molar-refractivity contribution in [1.29, 1.82) is 0 Å². The Morgan fingerprint density at radius 2 is 2.22 bits per heavy atom. The quantitative estimate of drug-likeness (QED) is 0.815. The molecule has 0 spiro atoms. The maximum Gasteiger partial charge on any atom is 0.233 e. The van der Waals surface area contributed by atoms with Gasteiger partial charge in [0, 0.05) is 19.7 Å². The molecule has 2 bridgehead atoms. The summed E-state index contributed by atoms with van der Waals surface area (Å²) in [6.07, 6.45) is 0. The van der Waals surface area contributed by atoms with Crippen molar-refractivity contribution in [2.45, 2.75) is 25.6 Å². The second-order valence-corrected chi connectivity index (χ2v) is 6.51. The maximum absolute atomic E-state index is 12.7. The fourth-order valence-corrected chi connectivity index (χ4v) is 3.58. The van der Waals surface area contributed by atoms with Crippen LogP contribution in [-0.2, 0) is 4.79 Å². The lowest BCUT2D eigenvalue weighted by Crippen LogP contribution is -2.70. The Hall–Kier alpha value is -2.02. The van der Waals surface area contributed by atoms with E-state index in [2.05, 4.69) is 10.6 Å². The molecule has 124 valence electrons.